The lowest BCUT2D eigenvalue weighted by atomic mass is 10.1. The second-order valence-electron chi connectivity index (χ2n) is 6.09. The first kappa shape index (κ1) is 18.0. The van der Waals surface area contributed by atoms with Crippen molar-refractivity contribution in [3.63, 3.8) is 0 Å². The van der Waals surface area contributed by atoms with E-state index in [2.05, 4.69) is 26.3 Å². The summed E-state index contributed by atoms with van der Waals surface area (Å²) >= 11 is 1.18. The van der Waals surface area contributed by atoms with Crippen molar-refractivity contribution in [2.24, 2.45) is 0 Å². The number of rotatable bonds is 5. The van der Waals surface area contributed by atoms with Gasteiger partial charge in [-0.2, -0.15) is 5.26 Å². The van der Waals surface area contributed by atoms with Crippen LogP contribution < -0.4 is 16.0 Å². The van der Waals surface area contributed by atoms with Gasteiger partial charge in [0.15, 0.2) is 5.16 Å². The Balaban J connectivity index is 1.58. The maximum absolute atomic E-state index is 12.2. The number of nitrogens with two attached hydrogens (primary N) is 1. The summed E-state index contributed by atoms with van der Waals surface area (Å²) < 4.78 is 0. The van der Waals surface area contributed by atoms with E-state index >= 15 is 0 Å². The molecule has 0 aliphatic carbocycles. The molecule has 0 unspecified atom stereocenters. The van der Waals surface area contributed by atoms with Crippen molar-refractivity contribution in [2.75, 3.05) is 34.8 Å². The van der Waals surface area contributed by atoms with E-state index in [1.54, 1.807) is 0 Å². The fourth-order valence-corrected chi connectivity index (χ4v) is 3.43. The molecule has 1 fully saturated rings. The van der Waals surface area contributed by atoms with Crippen molar-refractivity contribution in [1.29, 1.82) is 5.26 Å². The summed E-state index contributed by atoms with van der Waals surface area (Å²) in [6.07, 6.45) is 3.83. The lowest BCUT2D eigenvalue weighted by molar-refractivity contribution is -0.113. The highest BCUT2D eigenvalue weighted by atomic mass is 32.2. The first-order valence-electron chi connectivity index (χ1n) is 8.37. The Morgan fingerprint density at radius 1 is 1.42 bits per heavy atom. The number of nitrogen functional groups attached to an aromatic ring is 1. The third-order valence-corrected chi connectivity index (χ3v) is 5.07. The molecule has 2 heterocycles. The Hall–Kier alpha value is -2.79. The molecule has 1 aliphatic rings. The van der Waals surface area contributed by atoms with Gasteiger partial charge in [-0.15, -0.1) is 0 Å². The number of benzene rings is 1. The highest BCUT2D eigenvalue weighted by molar-refractivity contribution is 7.99. The van der Waals surface area contributed by atoms with Crippen molar-refractivity contribution < 1.29 is 4.79 Å². The minimum atomic E-state index is -0.140. The molecule has 0 radical (unpaired) electrons. The highest BCUT2D eigenvalue weighted by Gasteiger charge is 2.14. The average Bonchev–Trinajstić information content (AvgIpc) is 3.16. The van der Waals surface area contributed by atoms with Gasteiger partial charge in [-0.25, -0.2) is 9.97 Å². The summed E-state index contributed by atoms with van der Waals surface area (Å²) in [5, 5.41) is 12.1. The van der Waals surface area contributed by atoms with Gasteiger partial charge in [0.05, 0.1) is 11.9 Å². The zero-order chi connectivity index (χ0) is 18.5. The average molecular weight is 368 g/mol. The zero-order valence-corrected chi connectivity index (χ0v) is 15.3. The maximum atomic E-state index is 12.2. The van der Waals surface area contributed by atoms with E-state index in [1.165, 1.54) is 36.5 Å². The molecular weight excluding hydrogens is 348 g/mol. The van der Waals surface area contributed by atoms with Crippen LogP contribution in [0.15, 0.2) is 29.6 Å². The standard InChI is InChI=1S/C18H20N6OS/c1-12-8-14(24-6-2-3-7-24)4-5-15(12)22-16(25)11-26-18-21-10-13(9-19)17(20)23-18/h4-5,8,10H,2-3,6-7,11H2,1H3,(H,22,25)(H2,20,21,23). The van der Waals surface area contributed by atoms with Crippen LogP contribution >= 0.6 is 11.8 Å². The number of aromatic nitrogens is 2. The van der Waals surface area contributed by atoms with Crippen LogP contribution in [0.1, 0.15) is 24.0 Å². The molecule has 3 rings (SSSR count). The molecular formula is C18H20N6OS. The van der Waals surface area contributed by atoms with Crippen molar-refractivity contribution in [3.8, 4) is 6.07 Å². The summed E-state index contributed by atoms with van der Waals surface area (Å²) in [5.74, 6) is 0.149. The van der Waals surface area contributed by atoms with Gasteiger partial charge in [0.2, 0.25) is 5.91 Å². The molecule has 1 aromatic heterocycles. The van der Waals surface area contributed by atoms with Crippen molar-refractivity contribution >= 4 is 34.9 Å². The number of nitriles is 1. The molecule has 26 heavy (non-hydrogen) atoms. The van der Waals surface area contributed by atoms with Crippen molar-refractivity contribution in [2.45, 2.75) is 24.9 Å². The summed E-state index contributed by atoms with van der Waals surface area (Å²) in [5.41, 5.74) is 8.93. The summed E-state index contributed by atoms with van der Waals surface area (Å²) in [4.78, 5) is 22.6. The molecule has 1 aliphatic heterocycles. The largest absolute Gasteiger partial charge is 0.382 e. The number of carbonyl (C=O) groups excluding carboxylic acids is 1. The van der Waals surface area contributed by atoms with Gasteiger partial charge in [0.1, 0.15) is 17.5 Å². The van der Waals surface area contributed by atoms with Gasteiger partial charge in [0.25, 0.3) is 0 Å². The van der Waals surface area contributed by atoms with Crippen molar-refractivity contribution in [3.05, 3.63) is 35.5 Å². The van der Waals surface area contributed by atoms with E-state index < -0.39 is 0 Å². The van der Waals surface area contributed by atoms with Gasteiger partial charge in [-0.05, 0) is 43.5 Å². The Kier molecular flexibility index (Phi) is 5.58. The molecule has 0 atom stereocenters. The number of aryl methyl sites for hydroxylation is 1. The molecule has 1 saturated heterocycles. The van der Waals surface area contributed by atoms with Crippen LogP contribution in [-0.2, 0) is 4.79 Å². The summed E-state index contributed by atoms with van der Waals surface area (Å²) in [6, 6.07) is 8.01. The SMILES string of the molecule is Cc1cc(N2CCCC2)ccc1NC(=O)CSc1ncc(C#N)c(N)n1. The summed E-state index contributed by atoms with van der Waals surface area (Å²) in [7, 11) is 0. The molecule has 7 nitrogen and oxygen atoms in total. The molecule has 8 heteroatoms. The monoisotopic (exact) mass is 368 g/mol. The van der Waals surface area contributed by atoms with Crippen LogP contribution in [0.2, 0.25) is 0 Å². The van der Waals surface area contributed by atoms with Crippen LogP contribution in [0.3, 0.4) is 0 Å². The molecule has 0 spiro atoms. The Morgan fingerprint density at radius 3 is 2.85 bits per heavy atom. The van der Waals surface area contributed by atoms with Crippen LogP contribution in [-0.4, -0.2) is 34.7 Å². The van der Waals surface area contributed by atoms with Gasteiger partial charge in [-0.1, -0.05) is 11.8 Å². The third kappa shape index (κ3) is 4.24. The van der Waals surface area contributed by atoms with Crippen LogP contribution in [0, 0.1) is 18.3 Å². The van der Waals surface area contributed by atoms with E-state index in [-0.39, 0.29) is 23.0 Å². The molecule has 2 aromatic rings. The number of hydrogen-bond donors (Lipinski definition) is 2. The minimum absolute atomic E-state index is 0.124. The Labute approximate surface area is 156 Å². The molecule has 3 N–H and O–H groups in total. The Morgan fingerprint density at radius 2 is 2.19 bits per heavy atom. The molecule has 1 amide bonds. The lowest BCUT2D eigenvalue weighted by Crippen LogP contribution is -2.18. The third-order valence-electron chi connectivity index (χ3n) is 4.20. The first-order chi connectivity index (χ1) is 12.6. The number of anilines is 3. The molecule has 0 bridgehead atoms. The van der Waals surface area contributed by atoms with E-state index in [0.717, 1.165) is 24.3 Å². The second kappa shape index (κ2) is 8.06. The number of nitrogens with one attached hydrogen (secondary N) is 1. The van der Waals surface area contributed by atoms with Gasteiger partial charge in [0, 0.05) is 24.5 Å². The van der Waals surface area contributed by atoms with E-state index in [9.17, 15) is 4.79 Å². The summed E-state index contributed by atoms with van der Waals surface area (Å²) in [6.45, 7) is 4.18. The first-order valence-corrected chi connectivity index (χ1v) is 9.36. The zero-order valence-electron chi connectivity index (χ0n) is 14.5. The molecule has 1 aromatic carbocycles. The van der Waals surface area contributed by atoms with E-state index in [0.29, 0.717) is 5.16 Å². The number of thioether (sulfide) groups is 1. The lowest BCUT2D eigenvalue weighted by Gasteiger charge is -2.19. The topological polar surface area (TPSA) is 108 Å². The van der Waals surface area contributed by atoms with Crippen LogP contribution in [0.5, 0.6) is 0 Å². The quantitative estimate of drug-likeness (QED) is 0.617. The van der Waals surface area contributed by atoms with E-state index in [4.69, 9.17) is 11.0 Å². The number of amides is 1. The van der Waals surface area contributed by atoms with Crippen LogP contribution in [0.4, 0.5) is 17.2 Å². The number of carbonyl (C=O) groups is 1. The molecule has 134 valence electrons. The second-order valence-corrected chi connectivity index (χ2v) is 7.04. The smallest absolute Gasteiger partial charge is 0.234 e. The van der Waals surface area contributed by atoms with E-state index in [1.807, 2.05) is 25.1 Å². The maximum Gasteiger partial charge on any atom is 0.234 e. The number of nitrogens with zero attached hydrogens (tertiary/aromatic N) is 4. The van der Waals surface area contributed by atoms with Gasteiger partial charge >= 0.3 is 0 Å². The van der Waals surface area contributed by atoms with Gasteiger partial charge < -0.3 is 16.0 Å². The van der Waals surface area contributed by atoms with Crippen LogP contribution in [0.25, 0.3) is 0 Å². The number of hydrogen-bond acceptors (Lipinski definition) is 7. The predicted molar refractivity (Wildman–Crippen MR) is 103 cm³/mol. The fraction of sp³-hybridized carbons (Fsp3) is 0.333. The minimum Gasteiger partial charge on any atom is -0.382 e. The fourth-order valence-electron chi connectivity index (χ4n) is 2.81. The predicted octanol–water partition coefficient (Wildman–Crippen LogP) is 2.57. The molecule has 0 saturated carbocycles. The van der Waals surface area contributed by atoms with Gasteiger partial charge in [-0.3, -0.25) is 4.79 Å². The normalized spacial score (nSPS) is 13.5. The highest BCUT2D eigenvalue weighted by Crippen LogP contribution is 2.26. The Bertz CT molecular complexity index is 857. The van der Waals surface area contributed by atoms with Crippen molar-refractivity contribution in [1.82, 2.24) is 9.97 Å².